The van der Waals surface area contributed by atoms with Crippen LogP contribution in [0.3, 0.4) is 0 Å². The summed E-state index contributed by atoms with van der Waals surface area (Å²) in [5.41, 5.74) is 0. The molecule has 2 bridgehead atoms. The van der Waals surface area contributed by atoms with Crippen molar-refractivity contribution < 1.29 is 0 Å². The van der Waals surface area contributed by atoms with E-state index in [0.29, 0.717) is 0 Å². The van der Waals surface area contributed by atoms with Crippen molar-refractivity contribution in [3.05, 3.63) is 0 Å². The van der Waals surface area contributed by atoms with E-state index in [-0.39, 0.29) is 0 Å². The zero-order valence-corrected chi connectivity index (χ0v) is 5.56. The van der Waals surface area contributed by atoms with E-state index in [1.807, 2.05) is 0 Å². The van der Waals surface area contributed by atoms with Gasteiger partial charge in [0.25, 0.3) is 0 Å². The van der Waals surface area contributed by atoms with Crippen molar-refractivity contribution in [2.75, 3.05) is 0 Å². The summed E-state index contributed by atoms with van der Waals surface area (Å²) in [6.45, 7) is 2.42. The van der Waals surface area contributed by atoms with E-state index in [1.165, 1.54) is 0 Å². The van der Waals surface area contributed by atoms with Crippen molar-refractivity contribution in [1.82, 2.24) is 0 Å². The van der Waals surface area contributed by atoms with E-state index in [0.717, 1.165) is 17.8 Å². The van der Waals surface area contributed by atoms with Crippen LogP contribution in [-0.2, 0) is 0 Å². The Morgan fingerprint density at radius 1 is 1.12 bits per heavy atom. The van der Waals surface area contributed by atoms with Gasteiger partial charge < -0.3 is 0 Å². The third-order valence-corrected chi connectivity index (χ3v) is 3.09. The Hall–Kier alpha value is 0. The monoisotopic (exact) mass is 110 g/mol. The molecule has 0 amide bonds. The molecule has 1 unspecified atom stereocenters. The van der Waals surface area contributed by atoms with Crippen LogP contribution in [0.25, 0.3) is 0 Å². The number of hydrogen-bond donors (Lipinski definition) is 0. The highest BCUT2D eigenvalue weighted by Gasteiger charge is 2.36. The molecule has 0 aromatic rings. The molecule has 0 radical (unpaired) electrons. The number of fused-ring (bicyclic) bond motifs is 2. The molecule has 0 nitrogen and oxygen atoms in total. The SMILES string of the molecule is CC1C[C@@H]2CC[C@H]1C2. The average Bonchev–Trinajstić information content (AvgIpc) is 2.23. The molecular weight excluding hydrogens is 96.1 g/mol. The fraction of sp³-hybridized carbons (Fsp3) is 1.00. The van der Waals surface area contributed by atoms with Crippen molar-refractivity contribution in [2.45, 2.75) is 32.6 Å². The molecule has 0 saturated heterocycles. The first-order chi connectivity index (χ1) is 3.86. The minimum absolute atomic E-state index is 1.08. The molecule has 8 heavy (non-hydrogen) atoms. The Morgan fingerprint density at radius 3 is 2.25 bits per heavy atom. The molecule has 0 aliphatic heterocycles. The van der Waals surface area contributed by atoms with Crippen molar-refractivity contribution >= 4 is 0 Å². The summed E-state index contributed by atoms with van der Waals surface area (Å²) in [5.74, 6) is 3.36. The van der Waals surface area contributed by atoms with Crippen LogP contribution in [0.1, 0.15) is 32.6 Å². The second-order valence-electron chi connectivity index (χ2n) is 3.65. The molecule has 0 heteroatoms. The van der Waals surface area contributed by atoms with Crippen LogP contribution in [0, 0.1) is 17.8 Å². The van der Waals surface area contributed by atoms with Gasteiger partial charge in [-0.3, -0.25) is 0 Å². The zero-order valence-electron chi connectivity index (χ0n) is 5.56. The molecule has 0 N–H and O–H groups in total. The molecule has 0 aromatic carbocycles. The number of rotatable bonds is 0. The summed E-state index contributed by atoms with van der Waals surface area (Å²) in [4.78, 5) is 0. The van der Waals surface area contributed by atoms with Crippen LogP contribution in [0.2, 0.25) is 0 Å². The smallest absolute Gasteiger partial charge is 0.0386 e. The highest BCUT2D eigenvalue weighted by molar-refractivity contribution is 4.87. The molecule has 3 atom stereocenters. The van der Waals surface area contributed by atoms with Gasteiger partial charge in [-0.15, -0.1) is 0 Å². The maximum atomic E-state index is 2.42. The van der Waals surface area contributed by atoms with Crippen molar-refractivity contribution in [1.29, 1.82) is 0 Å². The van der Waals surface area contributed by atoms with Crippen LogP contribution in [0.5, 0.6) is 0 Å². The van der Waals surface area contributed by atoms with Gasteiger partial charge in [-0.25, -0.2) is 0 Å². The lowest BCUT2D eigenvalue weighted by atomic mass is 9.91. The third kappa shape index (κ3) is 0.519. The number of hydrogen-bond acceptors (Lipinski definition) is 0. The van der Waals surface area contributed by atoms with Crippen LogP contribution in [-0.4, -0.2) is 0 Å². The molecule has 46 valence electrons. The van der Waals surface area contributed by atoms with Crippen molar-refractivity contribution in [3.8, 4) is 0 Å². The summed E-state index contributed by atoms with van der Waals surface area (Å²) in [6.07, 6.45) is 6.21. The molecule has 2 saturated carbocycles. The molecule has 2 aliphatic carbocycles. The van der Waals surface area contributed by atoms with E-state index >= 15 is 0 Å². The van der Waals surface area contributed by atoms with Crippen molar-refractivity contribution in [2.24, 2.45) is 17.8 Å². The minimum atomic E-state index is 1.08. The van der Waals surface area contributed by atoms with Gasteiger partial charge >= 0.3 is 0 Å². The second-order valence-corrected chi connectivity index (χ2v) is 3.65. The standard InChI is InChI=1S/C8H14/c1-6-4-7-2-3-8(6)5-7/h6-8H,2-5H2,1H3/t6?,7-,8-/m0/s1. The van der Waals surface area contributed by atoms with Gasteiger partial charge in [-0.1, -0.05) is 13.3 Å². The lowest BCUT2D eigenvalue weighted by Gasteiger charge is -2.15. The Morgan fingerprint density at radius 2 is 2.00 bits per heavy atom. The second kappa shape index (κ2) is 1.49. The van der Waals surface area contributed by atoms with Crippen molar-refractivity contribution in [3.63, 3.8) is 0 Å². The fourth-order valence-corrected chi connectivity index (χ4v) is 2.56. The van der Waals surface area contributed by atoms with Gasteiger partial charge in [-0.05, 0) is 37.0 Å². The molecule has 0 spiro atoms. The van der Waals surface area contributed by atoms with Crippen LogP contribution in [0.15, 0.2) is 0 Å². The first-order valence-corrected chi connectivity index (χ1v) is 3.86. The van der Waals surface area contributed by atoms with Gasteiger partial charge in [0.15, 0.2) is 0 Å². The van der Waals surface area contributed by atoms with Gasteiger partial charge in [0, 0.05) is 0 Å². The molecular formula is C8H14. The van der Waals surface area contributed by atoms with Gasteiger partial charge in [0.2, 0.25) is 0 Å². The molecule has 0 heterocycles. The first-order valence-electron chi connectivity index (χ1n) is 3.86. The first kappa shape index (κ1) is 4.84. The summed E-state index contributed by atoms with van der Waals surface area (Å²) < 4.78 is 0. The van der Waals surface area contributed by atoms with Crippen LogP contribution >= 0.6 is 0 Å². The van der Waals surface area contributed by atoms with E-state index in [1.54, 1.807) is 25.7 Å². The van der Waals surface area contributed by atoms with E-state index in [2.05, 4.69) is 6.92 Å². The molecule has 2 rings (SSSR count). The predicted molar refractivity (Wildman–Crippen MR) is 34.6 cm³/mol. The van der Waals surface area contributed by atoms with Gasteiger partial charge in [-0.2, -0.15) is 0 Å². The summed E-state index contributed by atoms with van der Waals surface area (Å²) in [6, 6.07) is 0. The van der Waals surface area contributed by atoms with E-state index < -0.39 is 0 Å². The zero-order chi connectivity index (χ0) is 5.56. The molecule has 2 aliphatic rings. The van der Waals surface area contributed by atoms with E-state index in [4.69, 9.17) is 0 Å². The maximum Gasteiger partial charge on any atom is -0.0386 e. The summed E-state index contributed by atoms with van der Waals surface area (Å²) in [7, 11) is 0. The minimum Gasteiger partial charge on any atom is -0.0622 e. The quantitative estimate of drug-likeness (QED) is 0.449. The maximum absolute atomic E-state index is 2.42. The Kier molecular flexibility index (Phi) is 0.902. The topological polar surface area (TPSA) is 0 Å². The fourth-order valence-electron chi connectivity index (χ4n) is 2.56. The summed E-state index contributed by atoms with van der Waals surface area (Å²) >= 11 is 0. The summed E-state index contributed by atoms with van der Waals surface area (Å²) in [5, 5.41) is 0. The Balaban J connectivity index is 2.11. The van der Waals surface area contributed by atoms with E-state index in [9.17, 15) is 0 Å². The third-order valence-electron chi connectivity index (χ3n) is 3.09. The molecule has 0 aromatic heterocycles. The average molecular weight is 110 g/mol. The lowest BCUT2D eigenvalue weighted by Crippen LogP contribution is -2.04. The van der Waals surface area contributed by atoms with Crippen LogP contribution < -0.4 is 0 Å². The normalized spacial score (nSPS) is 52.9. The highest BCUT2D eigenvalue weighted by atomic mass is 14.4. The highest BCUT2D eigenvalue weighted by Crippen LogP contribution is 2.47. The Labute approximate surface area is 51.3 Å². The largest absolute Gasteiger partial charge is 0.0622 e. The lowest BCUT2D eigenvalue weighted by molar-refractivity contribution is 0.360. The predicted octanol–water partition coefficient (Wildman–Crippen LogP) is 2.44. The Bertz CT molecular complexity index is 94.2. The van der Waals surface area contributed by atoms with Crippen LogP contribution in [0.4, 0.5) is 0 Å². The molecule has 2 fully saturated rings. The van der Waals surface area contributed by atoms with Gasteiger partial charge in [0.05, 0.1) is 0 Å². The van der Waals surface area contributed by atoms with Gasteiger partial charge in [0.1, 0.15) is 0 Å².